The molecule has 2 N–H and O–H groups in total. The molecule has 4 fully saturated rings. The fourth-order valence-corrected chi connectivity index (χ4v) is 11.2. The third-order valence-electron chi connectivity index (χ3n) is 12.8. The highest BCUT2D eigenvalue weighted by Gasteiger charge is 2.48. The minimum Gasteiger partial charge on any atom is -0.486 e. The molecule has 4 saturated heterocycles. The fourth-order valence-electron chi connectivity index (χ4n) is 9.50. The first kappa shape index (κ1) is 44.4. The quantitative estimate of drug-likeness (QED) is 0.132. The highest BCUT2D eigenvalue weighted by molar-refractivity contribution is 7.99. The number of aromatic nitrogens is 6. The molecule has 10 rings (SSSR count). The first-order valence-corrected chi connectivity index (χ1v) is 23.5. The molecule has 0 radical (unpaired) electrons. The molecule has 6 atom stereocenters. The number of nitrogens with zero attached hydrogens (tertiary/aromatic N) is 9. The summed E-state index contributed by atoms with van der Waals surface area (Å²) in [5.41, 5.74) is 6.57. The summed E-state index contributed by atoms with van der Waals surface area (Å²) in [5.74, 6) is 5.24. The standard InChI is InChI=1S/C26H36N6O4S.C17H19ClN4O3S/c1-17-24(27)26(15-36-17)4-7-31(8-5-26)21-10-30-22(11-29-21)37-20-3-6-28-25-23(20)35-14-19-9-18(12-32(19)25)13-34-16-33-2;1-23-10-24-8-11-4-12-9-25-16-13(2-3-19-17(16)22(12)7-11)26-15-6-20-14(18)5-21-15/h3,6,10-11,17-19,24H,4-5,7-9,12-16,27H2,1-2H3;2-3,5-6,11-12H,4,7-10H2,1H3/t17-,18-,19-,24+;11-,12-/m00/s1. The van der Waals surface area contributed by atoms with Gasteiger partial charge in [-0.25, -0.2) is 29.9 Å². The first-order chi connectivity index (χ1) is 30.8. The maximum atomic E-state index is 6.47. The fraction of sp³-hybridized carbons (Fsp3) is 0.581. The number of hydrogen-bond acceptors (Lipinski definition) is 19. The second-order valence-corrected chi connectivity index (χ2v) is 19.4. The van der Waals surface area contributed by atoms with Crippen molar-refractivity contribution in [1.82, 2.24) is 29.9 Å². The molecule has 63 heavy (non-hydrogen) atoms. The molecule has 6 aliphatic heterocycles. The van der Waals surface area contributed by atoms with Gasteiger partial charge in [-0.3, -0.25) is 0 Å². The smallest absolute Gasteiger partial charge is 0.175 e. The van der Waals surface area contributed by atoms with Crippen LogP contribution >= 0.6 is 35.1 Å². The molecular formula is C43H55ClN10O7S2. The maximum absolute atomic E-state index is 6.47. The zero-order valence-corrected chi connectivity index (χ0v) is 38.2. The Morgan fingerprint density at radius 2 is 1.32 bits per heavy atom. The predicted octanol–water partition coefficient (Wildman–Crippen LogP) is 5.45. The second-order valence-electron chi connectivity index (χ2n) is 16.9. The Kier molecular flexibility index (Phi) is 14.2. The molecule has 338 valence electrons. The Labute approximate surface area is 381 Å². The Hall–Kier alpha value is -3.79. The van der Waals surface area contributed by atoms with E-state index in [4.69, 9.17) is 60.5 Å². The number of rotatable bonds is 13. The summed E-state index contributed by atoms with van der Waals surface area (Å²) in [4.78, 5) is 36.1. The van der Waals surface area contributed by atoms with Crippen LogP contribution in [-0.2, 0) is 23.7 Å². The van der Waals surface area contributed by atoms with E-state index in [1.807, 2.05) is 36.9 Å². The van der Waals surface area contributed by atoms with Crippen LogP contribution in [0.1, 0.15) is 32.6 Å². The number of fused-ring (bicyclic) bond motifs is 6. The molecular weight excluding hydrogens is 868 g/mol. The van der Waals surface area contributed by atoms with Gasteiger partial charge in [0.1, 0.15) is 47.8 Å². The van der Waals surface area contributed by atoms with Gasteiger partial charge in [0.15, 0.2) is 23.1 Å². The lowest BCUT2D eigenvalue weighted by Gasteiger charge is -2.41. The van der Waals surface area contributed by atoms with E-state index in [1.165, 1.54) is 11.8 Å². The lowest BCUT2D eigenvalue weighted by Crippen LogP contribution is -2.50. The van der Waals surface area contributed by atoms with Crippen molar-refractivity contribution in [2.75, 3.05) is 102 Å². The van der Waals surface area contributed by atoms with Crippen LogP contribution in [0.3, 0.4) is 0 Å². The summed E-state index contributed by atoms with van der Waals surface area (Å²) >= 11 is 8.87. The van der Waals surface area contributed by atoms with E-state index in [-0.39, 0.29) is 17.6 Å². The van der Waals surface area contributed by atoms with Crippen LogP contribution in [0.5, 0.6) is 11.5 Å². The van der Waals surface area contributed by atoms with Gasteiger partial charge in [-0.2, -0.15) is 0 Å². The van der Waals surface area contributed by atoms with E-state index in [0.717, 1.165) is 107 Å². The van der Waals surface area contributed by atoms with Crippen LogP contribution in [0.2, 0.25) is 5.15 Å². The van der Waals surface area contributed by atoms with E-state index >= 15 is 0 Å². The van der Waals surface area contributed by atoms with Crippen LogP contribution in [-0.4, -0.2) is 141 Å². The molecule has 10 heterocycles. The third kappa shape index (κ3) is 9.91. The lowest BCUT2D eigenvalue weighted by molar-refractivity contribution is -0.0415. The summed E-state index contributed by atoms with van der Waals surface area (Å²) in [6.45, 7) is 9.84. The van der Waals surface area contributed by atoms with E-state index < -0.39 is 0 Å². The monoisotopic (exact) mass is 922 g/mol. The molecule has 0 amide bonds. The van der Waals surface area contributed by atoms with Gasteiger partial charge in [-0.15, -0.1) is 0 Å². The Balaban J connectivity index is 0.000000170. The number of anilines is 3. The average Bonchev–Trinajstić information content (AvgIpc) is 4.01. The maximum Gasteiger partial charge on any atom is 0.175 e. The van der Waals surface area contributed by atoms with E-state index in [9.17, 15) is 0 Å². The normalized spacial score (nSPS) is 25.4. The highest BCUT2D eigenvalue weighted by Crippen LogP contribution is 2.47. The number of piperidine rings is 1. The molecule has 0 aliphatic carbocycles. The van der Waals surface area contributed by atoms with Crippen LogP contribution in [0, 0.1) is 17.3 Å². The van der Waals surface area contributed by atoms with Crippen LogP contribution in [0.25, 0.3) is 0 Å². The van der Waals surface area contributed by atoms with Gasteiger partial charge in [0.2, 0.25) is 0 Å². The topological polar surface area (TPSA) is 178 Å². The van der Waals surface area contributed by atoms with Crippen molar-refractivity contribution in [3.8, 4) is 11.5 Å². The number of halogens is 1. The van der Waals surface area contributed by atoms with Crippen molar-refractivity contribution in [3.05, 3.63) is 54.5 Å². The molecule has 0 aromatic carbocycles. The van der Waals surface area contributed by atoms with Gasteiger partial charge < -0.3 is 53.6 Å². The number of hydrogen-bond donors (Lipinski definition) is 1. The second kappa shape index (κ2) is 20.2. The Bertz CT molecular complexity index is 2140. The minimum atomic E-state index is 0.102. The van der Waals surface area contributed by atoms with E-state index in [2.05, 4.69) is 41.6 Å². The van der Waals surface area contributed by atoms with Crippen molar-refractivity contribution in [3.63, 3.8) is 0 Å². The Morgan fingerprint density at radius 1 is 0.762 bits per heavy atom. The number of methoxy groups -OCH3 is 2. The van der Waals surface area contributed by atoms with Gasteiger partial charge in [-0.1, -0.05) is 35.1 Å². The van der Waals surface area contributed by atoms with Gasteiger partial charge in [-0.05, 0) is 44.7 Å². The van der Waals surface area contributed by atoms with E-state index in [1.54, 1.807) is 38.4 Å². The first-order valence-electron chi connectivity index (χ1n) is 21.5. The third-order valence-corrected chi connectivity index (χ3v) is 14.9. The number of nitrogens with two attached hydrogens (primary N) is 1. The van der Waals surface area contributed by atoms with Crippen molar-refractivity contribution in [2.45, 2.75) is 76.7 Å². The van der Waals surface area contributed by atoms with Gasteiger partial charge in [0.25, 0.3) is 0 Å². The molecule has 0 saturated carbocycles. The van der Waals surface area contributed by atoms with Crippen molar-refractivity contribution in [2.24, 2.45) is 23.0 Å². The molecule has 4 aromatic rings. The zero-order chi connectivity index (χ0) is 43.3. The van der Waals surface area contributed by atoms with Gasteiger partial charge in [0.05, 0.1) is 72.6 Å². The summed E-state index contributed by atoms with van der Waals surface area (Å²) in [6.07, 6.45) is 14.8. The molecule has 4 aromatic heterocycles. The lowest BCUT2D eigenvalue weighted by atomic mass is 9.73. The zero-order valence-electron chi connectivity index (χ0n) is 35.8. The summed E-state index contributed by atoms with van der Waals surface area (Å²) in [5, 5.41) is 1.98. The van der Waals surface area contributed by atoms with Crippen LogP contribution in [0.4, 0.5) is 17.5 Å². The van der Waals surface area contributed by atoms with Crippen LogP contribution < -0.4 is 29.9 Å². The highest BCUT2D eigenvalue weighted by atomic mass is 35.5. The summed E-state index contributed by atoms with van der Waals surface area (Å²) < 4.78 is 39.3. The number of pyridine rings is 2. The van der Waals surface area contributed by atoms with Crippen molar-refractivity contribution in [1.29, 1.82) is 0 Å². The summed E-state index contributed by atoms with van der Waals surface area (Å²) in [7, 11) is 3.28. The molecule has 17 nitrogen and oxygen atoms in total. The minimum absolute atomic E-state index is 0.102. The Morgan fingerprint density at radius 3 is 1.79 bits per heavy atom. The van der Waals surface area contributed by atoms with Crippen molar-refractivity contribution >= 4 is 52.6 Å². The molecule has 1 spiro atoms. The molecule has 20 heteroatoms. The van der Waals surface area contributed by atoms with Crippen molar-refractivity contribution < 1.29 is 33.2 Å². The van der Waals surface area contributed by atoms with Crippen LogP contribution in [0.15, 0.2) is 69.2 Å². The van der Waals surface area contributed by atoms with E-state index in [0.29, 0.717) is 69.1 Å². The molecule has 0 bridgehead atoms. The largest absolute Gasteiger partial charge is 0.486 e. The van der Waals surface area contributed by atoms with Gasteiger partial charge >= 0.3 is 0 Å². The number of ether oxygens (including phenoxy) is 7. The van der Waals surface area contributed by atoms with Gasteiger partial charge in [0, 0.05) is 76.1 Å². The average molecular weight is 924 g/mol. The SMILES string of the molecule is COCOC[C@H]1C[C@H]2COc3c(Sc4cnc(Cl)cn4)ccnc3N2C1.COCOC[C@H]1C[C@H]2COc3c(Sc4cnc(N5CCC6(CC5)CO[C@@H](C)[C@H]6N)cn4)ccnc3N2C1. The summed E-state index contributed by atoms with van der Waals surface area (Å²) in [6, 6.07) is 4.70. The molecule has 6 aliphatic rings. The molecule has 0 unspecified atom stereocenters. The predicted molar refractivity (Wildman–Crippen MR) is 238 cm³/mol.